The van der Waals surface area contributed by atoms with Crippen LogP contribution in [0, 0.1) is 0 Å². The van der Waals surface area contributed by atoms with E-state index in [1.807, 2.05) is 0 Å². The zero-order valence-corrected chi connectivity index (χ0v) is 23.4. The van der Waals surface area contributed by atoms with Crippen molar-refractivity contribution in [1.29, 1.82) is 0 Å². The Morgan fingerprint density at radius 1 is 0.902 bits per heavy atom. The highest BCUT2D eigenvalue weighted by atomic mass is 32.1. The maximum absolute atomic E-state index is 12.4. The van der Waals surface area contributed by atoms with Crippen LogP contribution in [0.3, 0.4) is 0 Å². The average Bonchev–Trinajstić information content (AvgIpc) is 2.94. The third kappa shape index (κ3) is 8.01. The van der Waals surface area contributed by atoms with Gasteiger partial charge in [0.1, 0.15) is 17.1 Å². The van der Waals surface area contributed by atoms with E-state index in [9.17, 15) is 19.8 Å². The van der Waals surface area contributed by atoms with Gasteiger partial charge in [0.15, 0.2) is 10.5 Å². The van der Waals surface area contributed by atoms with Crippen molar-refractivity contribution in [2.45, 2.75) is 13.3 Å². The number of thiocarbonyl (C=S) groups is 1. The zero-order chi connectivity index (χ0) is 29.2. The molecule has 0 bridgehead atoms. The molecule has 4 N–H and O–H groups in total. The lowest BCUT2D eigenvalue weighted by molar-refractivity contribution is 0.0157. The lowest BCUT2D eigenvalue weighted by atomic mass is 9.90. The van der Waals surface area contributed by atoms with E-state index in [0.29, 0.717) is 78.0 Å². The fraction of sp³-hybridized carbons (Fsp3) is 0.300. The van der Waals surface area contributed by atoms with Crippen LogP contribution in [0.5, 0.6) is 5.75 Å². The number of fused-ring (bicyclic) bond motifs is 2. The van der Waals surface area contributed by atoms with Gasteiger partial charge in [-0.15, -0.1) is 0 Å². The number of anilines is 1. The largest absolute Gasteiger partial charge is 0.508 e. The summed E-state index contributed by atoms with van der Waals surface area (Å²) in [5.41, 5.74) is 2.13. The second-order valence-electron chi connectivity index (χ2n) is 9.10. The van der Waals surface area contributed by atoms with Crippen molar-refractivity contribution in [2.24, 2.45) is 0 Å². The minimum atomic E-state index is -1.14. The number of carboxylic acids is 1. The highest BCUT2D eigenvalue weighted by Gasteiger charge is 2.22. The minimum absolute atomic E-state index is 0.0181. The van der Waals surface area contributed by atoms with Crippen LogP contribution >= 0.6 is 12.2 Å². The first kappa shape index (κ1) is 29.9. The molecule has 0 amide bonds. The first-order valence-electron chi connectivity index (χ1n) is 13.2. The van der Waals surface area contributed by atoms with E-state index in [2.05, 4.69) is 17.6 Å². The monoisotopic (exact) mass is 580 g/mol. The van der Waals surface area contributed by atoms with Gasteiger partial charge in [0.25, 0.3) is 0 Å². The molecular formula is C30H32N2O8S. The fourth-order valence-electron chi connectivity index (χ4n) is 4.26. The predicted molar refractivity (Wildman–Crippen MR) is 160 cm³/mol. The molecule has 2 aromatic carbocycles. The molecule has 0 saturated heterocycles. The van der Waals surface area contributed by atoms with Gasteiger partial charge in [-0.2, -0.15) is 0 Å². The van der Waals surface area contributed by atoms with E-state index >= 15 is 0 Å². The summed E-state index contributed by atoms with van der Waals surface area (Å²) in [4.78, 5) is 24.4. The van der Waals surface area contributed by atoms with E-state index in [1.165, 1.54) is 30.3 Å². The van der Waals surface area contributed by atoms with Crippen molar-refractivity contribution in [3.05, 3.63) is 70.4 Å². The summed E-state index contributed by atoms with van der Waals surface area (Å²) in [5, 5.41) is 27.0. The predicted octanol–water partition coefficient (Wildman–Crippen LogP) is 4.71. The molecule has 0 fully saturated rings. The van der Waals surface area contributed by atoms with Crippen LogP contribution in [-0.2, 0) is 14.2 Å². The van der Waals surface area contributed by atoms with Crippen LogP contribution < -0.4 is 16.1 Å². The smallest absolute Gasteiger partial charge is 0.336 e. The number of rotatable bonds is 14. The first-order valence-corrected chi connectivity index (χ1v) is 13.6. The quantitative estimate of drug-likeness (QED) is 0.0936. The van der Waals surface area contributed by atoms with Crippen molar-refractivity contribution < 1.29 is 33.6 Å². The van der Waals surface area contributed by atoms with E-state index in [4.69, 9.17) is 30.8 Å². The summed E-state index contributed by atoms with van der Waals surface area (Å²) < 4.78 is 22.2. The number of nitrogens with one attached hydrogen (secondary N) is 2. The molecule has 0 spiro atoms. The molecule has 1 heterocycles. The molecule has 216 valence electrons. The molecule has 0 unspecified atom stereocenters. The standard InChI is InChI=1S/C30H32N2O8S/c1-2-10-37-12-14-39-15-13-38-11-9-31-30(41)32-19-3-6-22(25(16-19)29(35)36)28-23-7-4-20(33)17-26(23)40-27-18-21(34)5-8-24(27)28/h3-8,16-18,33H,2,9-15H2,1H3,(H,35,36)(H2,31,32,41). The van der Waals surface area contributed by atoms with Crippen molar-refractivity contribution in [3.63, 3.8) is 0 Å². The maximum Gasteiger partial charge on any atom is 0.336 e. The van der Waals surface area contributed by atoms with Crippen LogP contribution in [-0.4, -0.2) is 67.5 Å². The summed E-state index contributed by atoms with van der Waals surface area (Å²) in [6, 6.07) is 13.8. The maximum atomic E-state index is 12.4. The van der Waals surface area contributed by atoms with Gasteiger partial charge in [-0.3, -0.25) is 4.79 Å². The molecule has 0 aromatic heterocycles. The van der Waals surface area contributed by atoms with Gasteiger partial charge in [0, 0.05) is 47.5 Å². The number of ether oxygens (including phenoxy) is 3. The van der Waals surface area contributed by atoms with Crippen molar-refractivity contribution in [2.75, 3.05) is 51.5 Å². The number of phenols is 1. The Balaban J connectivity index is 1.43. The Kier molecular flexibility index (Phi) is 10.6. The molecule has 10 nitrogen and oxygen atoms in total. The third-order valence-corrected chi connectivity index (χ3v) is 6.32. The SMILES string of the molecule is CCCOCCOCCOCCNC(=S)Nc1ccc(-c2c3ccc(=O)cc-3oc3cc(O)ccc23)c(C(=O)O)c1. The Labute approximate surface area is 242 Å². The highest BCUT2D eigenvalue weighted by Crippen LogP contribution is 2.42. The second kappa shape index (κ2) is 14.6. The Bertz CT molecular complexity index is 1540. The molecule has 0 atom stereocenters. The van der Waals surface area contributed by atoms with Gasteiger partial charge in [-0.05, 0) is 60.6 Å². The van der Waals surface area contributed by atoms with Crippen molar-refractivity contribution in [1.82, 2.24) is 5.32 Å². The molecule has 41 heavy (non-hydrogen) atoms. The van der Waals surface area contributed by atoms with Gasteiger partial charge in [0.2, 0.25) is 0 Å². The molecule has 4 rings (SSSR count). The Hall–Kier alpha value is -4.03. The number of carbonyl (C=O) groups is 1. The van der Waals surface area contributed by atoms with Crippen LogP contribution in [0.2, 0.25) is 0 Å². The summed E-state index contributed by atoms with van der Waals surface area (Å²) in [6.07, 6.45) is 0.982. The second-order valence-corrected chi connectivity index (χ2v) is 9.51. The van der Waals surface area contributed by atoms with Gasteiger partial charge >= 0.3 is 5.97 Å². The van der Waals surface area contributed by atoms with Crippen molar-refractivity contribution in [3.8, 4) is 28.2 Å². The molecule has 1 aliphatic carbocycles. The summed E-state index contributed by atoms with van der Waals surface area (Å²) in [5.74, 6) is -0.879. The number of benzene rings is 3. The van der Waals surface area contributed by atoms with Crippen LogP contribution in [0.15, 0.2) is 63.8 Å². The lowest BCUT2D eigenvalue weighted by Gasteiger charge is -2.18. The normalized spacial score (nSPS) is 11.1. The van der Waals surface area contributed by atoms with E-state index in [0.717, 1.165) is 13.0 Å². The van der Waals surface area contributed by atoms with Crippen LogP contribution in [0.4, 0.5) is 5.69 Å². The summed E-state index contributed by atoms with van der Waals surface area (Å²) >= 11 is 5.36. The molecular weight excluding hydrogens is 548 g/mol. The molecule has 2 aromatic rings. The molecule has 2 aliphatic rings. The first-order chi connectivity index (χ1) is 19.9. The summed E-state index contributed by atoms with van der Waals surface area (Å²) in [7, 11) is 0. The minimum Gasteiger partial charge on any atom is -0.508 e. The topological polar surface area (TPSA) is 139 Å². The van der Waals surface area contributed by atoms with Gasteiger partial charge in [-0.25, -0.2) is 4.79 Å². The van der Waals surface area contributed by atoms with Gasteiger partial charge in [0.05, 0.1) is 38.6 Å². The molecule has 11 heteroatoms. The van der Waals surface area contributed by atoms with Crippen molar-refractivity contribution >= 4 is 40.0 Å². The van der Waals surface area contributed by atoms with Crippen LogP contribution in [0.1, 0.15) is 23.7 Å². The Morgan fingerprint density at radius 2 is 1.61 bits per heavy atom. The highest BCUT2D eigenvalue weighted by molar-refractivity contribution is 7.80. The molecule has 0 saturated carbocycles. The molecule has 0 radical (unpaired) electrons. The Morgan fingerprint density at radius 3 is 2.34 bits per heavy atom. The summed E-state index contributed by atoms with van der Waals surface area (Å²) in [6.45, 7) is 5.68. The van der Waals surface area contributed by atoms with Gasteiger partial charge < -0.3 is 39.5 Å². The lowest BCUT2D eigenvalue weighted by Crippen LogP contribution is -2.31. The van der Waals surface area contributed by atoms with Crippen LogP contribution in [0.25, 0.3) is 33.4 Å². The number of aromatic carboxylic acids is 1. The van der Waals surface area contributed by atoms with Gasteiger partial charge in [-0.1, -0.05) is 13.0 Å². The fourth-order valence-corrected chi connectivity index (χ4v) is 4.48. The number of hydrogen-bond donors (Lipinski definition) is 4. The zero-order valence-electron chi connectivity index (χ0n) is 22.6. The average molecular weight is 581 g/mol. The van der Waals surface area contributed by atoms with E-state index in [1.54, 1.807) is 24.3 Å². The van der Waals surface area contributed by atoms with E-state index < -0.39 is 5.97 Å². The van der Waals surface area contributed by atoms with E-state index in [-0.39, 0.29) is 22.5 Å². The number of phenolic OH excluding ortho intramolecular Hbond substituents is 1. The molecule has 1 aliphatic heterocycles. The number of aromatic hydroxyl groups is 1. The third-order valence-electron chi connectivity index (χ3n) is 6.08. The number of hydrogen-bond acceptors (Lipinski definition) is 8. The number of carboxylic acid groups (broad SMARTS) is 1.